The fraction of sp³-hybridized carbons (Fsp3) is 0.0909. The van der Waals surface area contributed by atoms with Crippen LogP contribution in [0.4, 0.5) is 5.00 Å². The maximum absolute atomic E-state index is 13.0. The molecule has 0 saturated heterocycles. The van der Waals surface area contributed by atoms with Crippen LogP contribution in [-0.2, 0) is 4.74 Å². The highest BCUT2D eigenvalue weighted by Gasteiger charge is 2.22. The molecule has 5 heteroatoms. The van der Waals surface area contributed by atoms with E-state index < -0.39 is 5.97 Å². The van der Waals surface area contributed by atoms with Crippen LogP contribution in [0.3, 0.4) is 0 Å². The normalized spacial score (nSPS) is 10.9. The van der Waals surface area contributed by atoms with Crippen molar-refractivity contribution in [3.05, 3.63) is 77.9 Å². The summed E-state index contributed by atoms with van der Waals surface area (Å²) in [6.45, 7) is 2.04. The van der Waals surface area contributed by atoms with Gasteiger partial charge in [0.1, 0.15) is 10.6 Å². The minimum absolute atomic E-state index is 0.246. The Labute approximate surface area is 160 Å². The Hall–Kier alpha value is -3.18. The van der Waals surface area contributed by atoms with Crippen molar-refractivity contribution < 1.29 is 14.3 Å². The van der Waals surface area contributed by atoms with Gasteiger partial charge in [-0.05, 0) is 29.8 Å². The highest BCUT2D eigenvalue weighted by Crippen LogP contribution is 2.36. The van der Waals surface area contributed by atoms with Crippen LogP contribution >= 0.6 is 11.3 Å². The molecule has 0 aliphatic carbocycles. The lowest BCUT2D eigenvalue weighted by Crippen LogP contribution is -2.14. The third-order valence-electron chi connectivity index (χ3n) is 4.34. The first-order valence-corrected chi connectivity index (χ1v) is 9.48. The molecule has 134 valence electrons. The van der Waals surface area contributed by atoms with Crippen molar-refractivity contribution in [1.82, 2.24) is 0 Å². The zero-order valence-electron chi connectivity index (χ0n) is 14.7. The van der Waals surface area contributed by atoms with Gasteiger partial charge in [0.05, 0.1) is 6.61 Å². The quantitative estimate of drug-likeness (QED) is 0.480. The van der Waals surface area contributed by atoms with E-state index in [4.69, 9.17) is 4.74 Å². The molecule has 0 aliphatic heterocycles. The van der Waals surface area contributed by atoms with Crippen molar-refractivity contribution in [3.8, 4) is 0 Å². The van der Waals surface area contributed by atoms with Gasteiger partial charge in [-0.15, -0.1) is 11.3 Å². The fourth-order valence-corrected chi connectivity index (χ4v) is 4.22. The summed E-state index contributed by atoms with van der Waals surface area (Å²) in [7, 11) is 0. The molecule has 4 nitrogen and oxygen atoms in total. The summed E-state index contributed by atoms with van der Waals surface area (Å²) < 4.78 is 6.13. The third kappa shape index (κ3) is 3.17. The Morgan fingerprint density at radius 2 is 1.63 bits per heavy atom. The van der Waals surface area contributed by atoms with Crippen molar-refractivity contribution in [2.75, 3.05) is 11.9 Å². The average Bonchev–Trinajstić information content (AvgIpc) is 3.05. The molecule has 4 aromatic rings. The van der Waals surface area contributed by atoms with Gasteiger partial charge in [0.25, 0.3) is 5.91 Å². The lowest BCUT2D eigenvalue weighted by atomic mass is 10.0. The Kier molecular flexibility index (Phi) is 4.60. The zero-order chi connectivity index (χ0) is 18.8. The van der Waals surface area contributed by atoms with Crippen molar-refractivity contribution in [2.45, 2.75) is 6.92 Å². The van der Waals surface area contributed by atoms with Gasteiger partial charge >= 0.3 is 5.97 Å². The van der Waals surface area contributed by atoms with Crippen LogP contribution in [0.2, 0.25) is 0 Å². The summed E-state index contributed by atoms with van der Waals surface area (Å²) in [6.07, 6.45) is 0. The number of esters is 1. The van der Waals surface area contributed by atoms with E-state index in [9.17, 15) is 9.59 Å². The molecule has 0 atom stereocenters. The van der Waals surface area contributed by atoms with E-state index in [0.29, 0.717) is 16.1 Å². The smallest absolute Gasteiger partial charge is 0.341 e. The first-order valence-electron chi connectivity index (χ1n) is 8.67. The molecule has 0 unspecified atom stereocenters. The van der Waals surface area contributed by atoms with E-state index >= 15 is 0 Å². The van der Waals surface area contributed by atoms with Crippen molar-refractivity contribution in [3.63, 3.8) is 0 Å². The molecule has 1 amide bonds. The second-order valence-corrected chi connectivity index (χ2v) is 7.06. The molecule has 27 heavy (non-hydrogen) atoms. The first kappa shape index (κ1) is 17.2. The number of ether oxygens (including phenoxy) is 1. The van der Waals surface area contributed by atoms with Crippen LogP contribution in [0, 0.1) is 0 Å². The zero-order valence-corrected chi connectivity index (χ0v) is 15.5. The molecular weight excluding hydrogens is 358 g/mol. The summed E-state index contributed by atoms with van der Waals surface area (Å²) in [5.41, 5.74) is 0.978. The predicted molar refractivity (Wildman–Crippen MR) is 110 cm³/mol. The lowest BCUT2D eigenvalue weighted by molar-refractivity contribution is 0.0530. The van der Waals surface area contributed by atoms with Gasteiger partial charge in [-0.3, -0.25) is 4.79 Å². The molecule has 1 heterocycles. The van der Waals surface area contributed by atoms with E-state index in [1.54, 1.807) is 13.0 Å². The van der Waals surface area contributed by atoms with Crippen LogP contribution in [0.25, 0.3) is 20.9 Å². The van der Waals surface area contributed by atoms with Crippen molar-refractivity contribution in [2.24, 2.45) is 0 Å². The molecule has 0 radical (unpaired) electrons. The average molecular weight is 375 g/mol. The van der Waals surface area contributed by atoms with Gasteiger partial charge in [0.15, 0.2) is 0 Å². The summed E-state index contributed by atoms with van der Waals surface area (Å²) >= 11 is 1.37. The Morgan fingerprint density at radius 3 is 2.44 bits per heavy atom. The SMILES string of the molecule is CCOC(=O)c1c(NC(=O)c2cccc3ccccc23)sc2ccccc12. The molecule has 1 N–H and O–H groups in total. The largest absolute Gasteiger partial charge is 0.462 e. The fourth-order valence-electron chi connectivity index (χ4n) is 3.13. The van der Waals surface area contributed by atoms with Gasteiger partial charge in [-0.1, -0.05) is 54.6 Å². The van der Waals surface area contributed by atoms with Crippen LogP contribution in [-0.4, -0.2) is 18.5 Å². The summed E-state index contributed by atoms with van der Waals surface area (Å²) in [4.78, 5) is 25.5. The minimum Gasteiger partial charge on any atom is -0.462 e. The van der Waals surface area contributed by atoms with E-state index in [2.05, 4.69) is 5.32 Å². The van der Waals surface area contributed by atoms with Crippen LogP contribution in [0.1, 0.15) is 27.6 Å². The van der Waals surface area contributed by atoms with E-state index in [1.807, 2.05) is 60.7 Å². The number of nitrogens with one attached hydrogen (secondary N) is 1. The Balaban J connectivity index is 1.78. The first-order chi connectivity index (χ1) is 13.2. The van der Waals surface area contributed by atoms with Crippen molar-refractivity contribution in [1.29, 1.82) is 0 Å². The number of thiophene rings is 1. The molecule has 0 fully saturated rings. The van der Waals surface area contributed by atoms with Crippen molar-refractivity contribution >= 4 is 49.1 Å². The number of fused-ring (bicyclic) bond motifs is 2. The summed E-state index contributed by atoms with van der Waals surface area (Å²) in [5, 5.41) is 6.08. The maximum Gasteiger partial charge on any atom is 0.341 e. The monoisotopic (exact) mass is 375 g/mol. The van der Waals surface area contributed by atoms with Gasteiger partial charge < -0.3 is 10.1 Å². The maximum atomic E-state index is 13.0. The Bertz CT molecular complexity index is 1160. The Morgan fingerprint density at radius 1 is 0.926 bits per heavy atom. The molecule has 4 rings (SSSR count). The van der Waals surface area contributed by atoms with E-state index in [1.165, 1.54) is 11.3 Å². The van der Waals surface area contributed by atoms with Crippen LogP contribution in [0.5, 0.6) is 0 Å². The van der Waals surface area contributed by atoms with Gasteiger partial charge in [0.2, 0.25) is 0 Å². The number of hydrogen-bond donors (Lipinski definition) is 1. The topological polar surface area (TPSA) is 55.4 Å². The highest BCUT2D eigenvalue weighted by atomic mass is 32.1. The lowest BCUT2D eigenvalue weighted by Gasteiger charge is -2.09. The number of rotatable bonds is 4. The number of carbonyl (C=O) groups excluding carboxylic acids is 2. The van der Waals surface area contributed by atoms with Crippen LogP contribution < -0.4 is 5.32 Å². The number of amides is 1. The molecule has 0 aliphatic rings. The van der Waals surface area contributed by atoms with Crippen LogP contribution in [0.15, 0.2) is 66.7 Å². The van der Waals surface area contributed by atoms with E-state index in [0.717, 1.165) is 20.9 Å². The number of carbonyl (C=O) groups is 2. The predicted octanol–water partition coefficient (Wildman–Crippen LogP) is 5.48. The second-order valence-electron chi connectivity index (χ2n) is 6.00. The molecular formula is C22H17NO3S. The van der Waals surface area contributed by atoms with Gasteiger partial charge in [-0.2, -0.15) is 0 Å². The minimum atomic E-state index is -0.428. The number of anilines is 1. The third-order valence-corrected chi connectivity index (χ3v) is 5.42. The molecule has 0 saturated carbocycles. The summed E-state index contributed by atoms with van der Waals surface area (Å²) in [5.74, 6) is -0.674. The molecule has 3 aromatic carbocycles. The molecule has 1 aromatic heterocycles. The standard InChI is InChI=1S/C22H17NO3S/c1-2-26-22(25)19-17-11-5-6-13-18(17)27-21(19)23-20(24)16-12-7-9-14-8-3-4-10-15(14)16/h3-13H,2H2,1H3,(H,23,24). The van der Waals surface area contributed by atoms with E-state index in [-0.39, 0.29) is 12.5 Å². The van der Waals surface area contributed by atoms with Gasteiger partial charge in [-0.25, -0.2) is 4.79 Å². The molecule has 0 spiro atoms. The van der Waals surface area contributed by atoms with Gasteiger partial charge in [0, 0.05) is 15.6 Å². The summed E-state index contributed by atoms with van der Waals surface area (Å²) in [6, 6.07) is 20.9. The second kappa shape index (κ2) is 7.21. The number of hydrogen-bond acceptors (Lipinski definition) is 4. The molecule has 0 bridgehead atoms. The highest BCUT2D eigenvalue weighted by molar-refractivity contribution is 7.23. The number of benzene rings is 3.